The van der Waals surface area contributed by atoms with E-state index in [2.05, 4.69) is 4.90 Å². The third-order valence-electron chi connectivity index (χ3n) is 2.47. The van der Waals surface area contributed by atoms with Crippen molar-refractivity contribution >= 4 is 18.2 Å². The van der Waals surface area contributed by atoms with Crippen molar-refractivity contribution in [2.75, 3.05) is 19.6 Å². The van der Waals surface area contributed by atoms with E-state index in [1.54, 1.807) is 12.1 Å². The average molecular weight is 231 g/mol. The minimum atomic E-state index is 0. The minimum Gasteiger partial charge on any atom is -0.461 e. The largest absolute Gasteiger partial charge is 0.461 e. The van der Waals surface area contributed by atoms with Gasteiger partial charge in [-0.15, -0.1) is 12.4 Å². The quantitative estimate of drug-likeness (QED) is 0.785. The van der Waals surface area contributed by atoms with Crippen LogP contribution in [0.3, 0.4) is 0 Å². The molecule has 1 aromatic heterocycles. The van der Waals surface area contributed by atoms with Crippen molar-refractivity contribution in [2.45, 2.75) is 12.5 Å². The van der Waals surface area contributed by atoms with E-state index in [4.69, 9.17) is 10.2 Å². The number of halogens is 1. The highest BCUT2D eigenvalue weighted by Gasteiger charge is 2.22. The molecule has 1 aromatic rings. The van der Waals surface area contributed by atoms with E-state index in [9.17, 15) is 4.79 Å². The summed E-state index contributed by atoms with van der Waals surface area (Å²) in [6, 6.07) is 3.64. The van der Waals surface area contributed by atoms with Gasteiger partial charge in [-0.25, -0.2) is 0 Å². The van der Waals surface area contributed by atoms with Crippen LogP contribution in [0.2, 0.25) is 0 Å². The van der Waals surface area contributed by atoms with Gasteiger partial charge in [0, 0.05) is 19.1 Å². The summed E-state index contributed by atoms with van der Waals surface area (Å²) in [5.74, 6) is 0.467. The van der Waals surface area contributed by atoms with E-state index < -0.39 is 0 Å². The summed E-state index contributed by atoms with van der Waals surface area (Å²) in [5.41, 5.74) is 5.74. The van der Waals surface area contributed by atoms with Crippen LogP contribution in [-0.2, 0) is 0 Å². The van der Waals surface area contributed by atoms with Gasteiger partial charge in [-0.1, -0.05) is 0 Å². The molecule has 15 heavy (non-hydrogen) atoms. The van der Waals surface area contributed by atoms with Crippen LogP contribution in [0.25, 0.3) is 0 Å². The summed E-state index contributed by atoms with van der Waals surface area (Å²) >= 11 is 0. The zero-order valence-electron chi connectivity index (χ0n) is 8.39. The molecule has 1 atom stereocenters. The standard InChI is InChI=1S/C10H14N2O2.ClH/c11-8-3-4-12(6-8)7-9(13)10-2-1-5-14-10;/h1-2,5,8H,3-4,6-7,11H2;1H/t8-;/m1./s1. The minimum absolute atomic E-state index is 0. The molecule has 2 rings (SSSR count). The van der Waals surface area contributed by atoms with Crippen LogP contribution in [0.1, 0.15) is 17.0 Å². The highest BCUT2D eigenvalue weighted by molar-refractivity contribution is 5.95. The van der Waals surface area contributed by atoms with E-state index in [-0.39, 0.29) is 24.2 Å². The number of likely N-dealkylation sites (tertiary alicyclic amines) is 1. The summed E-state index contributed by atoms with van der Waals surface area (Å²) in [5, 5.41) is 0. The Bertz CT molecular complexity index is 313. The molecule has 0 aromatic carbocycles. The molecule has 1 aliphatic heterocycles. The number of nitrogens with two attached hydrogens (primary N) is 1. The molecule has 0 radical (unpaired) electrons. The second-order valence-corrected chi connectivity index (χ2v) is 3.68. The Hall–Kier alpha value is -0.840. The molecule has 1 fully saturated rings. The summed E-state index contributed by atoms with van der Waals surface area (Å²) in [6.07, 6.45) is 2.49. The molecule has 0 unspecified atom stereocenters. The van der Waals surface area contributed by atoms with Crippen molar-refractivity contribution < 1.29 is 9.21 Å². The number of rotatable bonds is 3. The smallest absolute Gasteiger partial charge is 0.211 e. The maximum atomic E-state index is 11.6. The molecule has 0 spiro atoms. The fourth-order valence-electron chi connectivity index (χ4n) is 1.72. The molecule has 84 valence electrons. The van der Waals surface area contributed by atoms with Crippen molar-refractivity contribution in [1.82, 2.24) is 4.90 Å². The Morgan fingerprint density at radius 1 is 1.67 bits per heavy atom. The lowest BCUT2D eigenvalue weighted by molar-refractivity contribution is 0.0917. The molecule has 4 nitrogen and oxygen atoms in total. The fraction of sp³-hybridized carbons (Fsp3) is 0.500. The van der Waals surface area contributed by atoms with E-state index in [0.717, 1.165) is 19.5 Å². The van der Waals surface area contributed by atoms with Gasteiger partial charge < -0.3 is 10.2 Å². The van der Waals surface area contributed by atoms with Gasteiger partial charge in [0.15, 0.2) is 5.76 Å². The number of carbonyl (C=O) groups is 1. The number of carbonyl (C=O) groups excluding carboxylic acids is 1. The zero-order chi connectivity index (χ0) is 9.97. The lowest BCUT2D eigenvalue weighted by Gasteiger charge is -2.12. The Labute approximate surface area is 94.8 Å². The van der Waals surface area contributed by atoms with Gasteiger partial charge in [-0.05, 0) is 18.6 Å². The van der Waals surface area contributed by atoms with Crippen LogP contribution in [0, 0.1) is 0 Å². The molecule has 1 saturated heterocycles. The Balaban J connectivity index is 0.00000112. The van der Waals surface area contributed by atoms with Crippen LogP contribution in [0.5, 0.6) is 0 Å². The lowest BCUT2D eigenvalue weighted by atomic mass is 10.3. The highest BCUT2D eigenvalue weighted by atomic mass is 35.5. The maximum Gasteiger partial charge on any atom is 0.211 e. The number of hydrogen-bond acceptors (Lipinski definition) is 4. The lowest BCUT2D eigenvalue weighted by Crippen LogP contribution is -2.30. The Morgan fingerprint density at radius 3 is 3.00 bits per heavy atom. The van der Waals surface area contributed by atoms with E-state index in [1.165, 1.54) is 6.26 Å². The van der Waals surface area contributed by atoms with E-state index in [1.807, 2.05) is 0 Å². The van der Waals surface area contributed by atoms with Crippen LogP contribution in [0.4, 0.5) is 0 Å². The van der Waals surface area contributed by atoms with Crippen molar-refractivity contribution in [3.8, 4) is 0 Å². The summed E-state index contributed by atoms with van der Waals surface area (Å²) in [4.78, 5) is 13.7. The van der Waals surface area contributed by atoms with Crippen molar-refractivity contribution in [3.05, 3.63) is 24.2 Å². The second kappa shape index (κ2) is 5.30. The number of nitrogens with zero attached hydrogens (tertiary/aromatic N) is 1. The number of hydrogen-bond donors (Lipinski definition) is 1. The maximum absolute atomic E-state index is 11.6. The normalized spacial score (nSPS) is 21.3. The first-order chi connectivity index (χ1) is 6.75. The Kier molecular flexibility index (Phi) is 4.32. The van der Waals surface area contributed by atoms with Crippen LogP contribution in [-0.4, -0.2) is 36.4 Å². The molecule has 0 aliphatic carbocycles. The topological polar surface area (TPSA) is 59.5 Å². The molecule has 2 heterocycles. The predicted molar refractivity (Wildman–Crippen MR) is 59.3 cm³/mol. The molecular formula is C10H15ClN2O2. The molecule has 5 heteroatoms. The number of furan rings is 1. The predicted octanol–water partition coefficient (Wildman–Crippen LogP) is 0.917. The van der Waals surface area contributed by atoms with Crippen LogP contribution >= 0.6 is 12.4 Å². The van der Waals surface area contributed by atoms with Gasteiger partial charge in [-0.3, -0.25) is 9.69 Å². The number of ketones is 1. The molecule has 0 saturated carbocycles. The number of Topliss-reactive ketones (excluding diaryl/α,β-unsaturated/α-hetero) is 1. The van der Waals surface area contributed by atoms with Gasteiger partial charge in [0.2, 0.25) is 5.78 Å². The van der Waals surface area contributed by atoms with Crippen LogP contribution < -0.4 is 5.73 Å². The molecule has 1 aliphatic rings. The van der Waals surface area contributed by atoms with E-state index in [0.29, 0.717) is 12.3 Å². The van der Waals surface area contributed by atoms with Gasteiger partial charge in [-0.2, -0.15) is 0 Å². The molecule has 2 N–H and O–H groups in total. The fourth-order valence-corrected chi connectivity index (χ4v) is 1.72. The molecular weight excluding hydrogens is 216 g/mol. The third-order valence-corrected chi connectivity index (χ3v) is 2.47. The van der Waals surface area contributed by atoms with Gasteiger partial charge >= 0.3 is 0 Å². The summed E-state index contributed by atoms with van der Waals surface area (Å²) in [7, 11) is 0. The van der Waals surface area contributed by atoms with Crippen molar-refractivity contribution in [3.63, 3.8) is 0 Å². The molecule has 0 amide bonds. The van der Waals surface area contributed by atoms with Gasteiger partial charge in [0.05, 0.1) is 12.8 Å². The zero-order valence-corrected chi connectivity index (χ0v) is 9.20. The average Bonchev–Trinajstić information content (AvgIpc) is 2.75. The monoisotopic (exact) mass is 230 g/mol. The molecule has 0 bridgehead atoms. The van der Waals surface area contributed by atoms with Crippen LogP contribution in [0.15, 0.2) is 22.8 Å². The van der Waals surface area contributed by atoms with E-state index >= 15 is 0 Å². The van der Waals surface area contributed by atoms with Crippen molar-refractivity contribution in [1.29, 1.82) is 0 Å². The Morgan fingerprint density at radius 2 is 2.47 bits per heavy atom. The highest BCUT2D eigenvalue weighted by Crippen LogP contribution is 2.09. The van der Waals surface area contributed by atoms with Gasteiger partial charge in [0.25, 0.3) is 0 Å². The van der Waals surface area contributed by atoms with Crippen molar-refractivity contribution in [2.24, 2.45) is 5.73 Å². The first kappa shape index (κ1) is 12.2. The first-order valence-electron chi connectivity index (χ1n) is 4.80. The summed E-state index contributed by atoms with van der Waals surface area (Å²) in [6.45, 7) is 2.14. The first-order valence-corrected chi connectivity index (χ1v) is 4.80. The second-order valence-electron chi connectivity index (χ2n) is 3.68. The summed E-state index contributed by atoms with van der Waals surface area (Å²) < 4.78 is 5.02. The SMILES string of the molecule is Cl.N[C@@H]1CCN(CC(=O)c2ccco2)C1. The van der Waals surface area contributed by atoms with Gasteiger partial charge in [0.1, 0.15) is 0 Å². The third kappa shape index (κ3) is 3.06.